The van der Waals surface area contributed by atoms with Gasteiger partial charge in [0.05, 0.1) is 7.11 Å². The minimum atomic E-state index is -0.529. The van der Waals surface area contributed by atoms with E-state index in [1.54, 1.807) is 12.1 Å². The Labute approximate surface area is 128 Å². The molecular formula is C17H16O5. The molecule has 0 spiro atoms. The van der Waals surface area contributed by atoms with Crippen LogP contribution in [-0.4, -0.2) is 19.0 Å². The lowest BCUT2D eigenvalue weighted by atomic mass is 10.0. The molecule has 22 heavy (non-hydrogen) atoms. The van der Waals surface area contributed by atoms with E-state index in [1.165, 1.54) is 21.0 Å². The summed E-state index contributed by atoms with van der Waals surface area (Å²) >= 11 is 0. The maximum Gasteiger partial charge on any atom is 0.308 e. The number of carbonyl (C=O) groups excluding carboxylic acids is 2. The Morgan fingerprint density at radius 3 is 1.95 bits per heavy atom. The normalized spacial score (nSPS) is 9.95. The van der Waals surface area contributed by atoms with Gasteiger partial charge in [0.2, 0.25) is 5.75 Å². The number of hydrogen-bond acceptors (Lipinski definition) is 5. The lowest BCUT2D eigenvalue weighted by Crippen LogP contribution is -2.08. The number of hydrogen-bond donors (Lipinski definition) is 0. The van der Waals surface area contributed by atoms with Crippen molar-refractivity contribution in [1.29, 1.82) is 0 Å². The van der Waals surface area contributed by atoms with Gasteiger partial charge in [-0.15, -0.1) is 0 Å². The van der Waals surface area contributed by atoms with Gasteiger partial charge in [0, 0.05) is 13.8 Å². The Morgan fingerprint density at radius 1 is 0.818 bits per heavy atom. The minimum absolute atomic E-state index is 0.0879. The van der Waals surface area contributed by atoms with Gasteiger partial charge < -0.3 is 14.2 Å². The first-order chi connectivity index (χ1) is 10.5. The summed E-state index contributed by atoms with van der Waals surface area (Å²) in [5, 5.41) is 0. The van der Waals surface area contributed by atoms with Crippen molar-refractivity contribution >= 4 is 11.9 Å². The van der Waals surface area contributed by atoms with E-state index in [2.05, 4.69) is 0 Å². The van der Waals surface area contributed by atoms with Crippen LogP contribution in [0.4, 0.5) is 0 Å². The molecule has 0 aliphatic rings. The van der Waals surface area contributed by atoms with Crippen molar-refractivity contribution in [2.75, 3.05) is 7.11 Å². The quantitative estimate of drug-likeness (QED) is 0.641. The summed E-state index contributed by atoms with van der Waals surface area (Å²) < 4.78 is 15.5. The Hall–Kier alpha value is -2.82. The van der Waals surface area contributed by atoms with Crippen molar-refractivity contribution in [3.05, 3.63) is 42.5 Å². The maximum atomic E-state index is 11.3. The van der Waals surface area contributed by atoms with Crippen LogP contribution < -0.4 is 14.2 Å². The number of esters is 2. The van der Waals surface area contributed by atoms with Crippen molar-refractivity contribution in [2.45, 2.75) is 13.8 Å². The molecule has 2 aromatic carbocycles. The molecule has 0 radical (unpaired) electrons. The van der Waals surface area contributed by atoms with E-state index in [-0.39, 0.29) is 11.5 Å². The van der Waals surface area contributed by atoms with Gasteiger partial charge in [-0.05, 0) is 23.3 Å². The molecule has 0 atom stereocenters. The number of rotatable bonds is 4. The van der Waals surface area contributed by atoms with Crippen molar-refractivity contribution in [3.63, 3.8) is 0 Å². The number of carbonyl (C=O) groups is 2. The summed E-state index contributed by atoms with van der Waals surface area (Å²) in [5.41, 5.74) is 1.70. The standard InChI is InChI=1S/C17H16O5/c1-11(18)21-16-10-14(13-7-5-4-6-8-13)9-15(20-3)17(16)22-12(2)19/h4-10H,1-3H3. The molecule has 0 aliphatic heterocycles. The molecule has 114 valence electrons. The molecule has 0 fully saturated rings. The van der Waals surface area contributed by atoms with E-state index in [0.717, 1.165) is 11.1 Å². The molecule has 0 saturated heterocycles. The Balaban J connectivity index is 2.59. The monoisotopic (exact) mass is 300 g/mol. The van der Waals surface area contributed by atoms with Gasteiger partial charge in [-0.2, -0.15) is 0 Å². The topological polar surface area (TPSA) is 61.8 Å². The number of benzene rings is 2. The summed E-state index contributed by atoms with van der Waals surface area (Å²) in [7, 11) is 1.45. The van der Waals surface area contributed by atoms with Crippen molar-refractivity contribution in [1.82, 2.24) is 0 Å². The van der Waals surface area contributed by atoms with Gasteiger partial charge in [0.15, 0.2) is 11.5 Å². The summed E-state index contributed by atoms with van der Waals surface area (Å²) in [5.74, 6) is -0.501. The Kier molecular flexibility index (Phi) is 4.78. The molecule has 0 aromatic heterocycles. The molecule has 5 nitrogen and oxygen atoms in total. The van der Waals surface area contributed by atoms with Crippen LogP contribution in [0.3, 0.4) is 0 Å². The Morgan fingerprint density at radius 2 is 1.41 bits per heavy atom. The largest absolute Gasteiger partial charge is 0.493 e. The molecule has 2 aromatic rings. The summed E-state index contributed by atoms with van der Waals surface area (Å²) in [6.45, 7) is 2.54. The zero-order valence-corrected chi connectivity index (χ0v) is 12.6. The maximum absolute atomic E-state index is 11.3. The Bertz CT molecular complexity index is 692. The molecule has 0 bridgehead atoms. The van der Waals surface area contributed by atoms with E-state index >= 15 is 0 Å². The molecular weight excluding hydrogens is 284 g/mol. The third-order valence-corrected chi connectivity index (χ3v) is 2.85. The van der Waals surface area contributed by atoms with Crippen LogP contribution in [-0.2, 0) is 9.59 Å². The van der Waals surface area contributed by atoms with Crippen LogP contribution in [0.15, 0.2) is 42.5 Å². The van der Waals surface area contributed by atoms with E-state index in [4.69, 9.17) is 14.2 Å². The van der Waals surface area contributed by atoms with Gasteiger partial charge in [-0.1, -0.05) is 30.3 Å². The summed E-state index contributed by atoms with van der Waals surface area (Å²) in [4.78, 5) is 22.6. The van der Waals surface area contributed by atoms with Crippen LogP contribution in [0.1, 0.15) is 13.8 Å². The van der Waals surface area contributed by atoms with Crippen molar-refractivity contribution < 1.29 is 23.8 Å². The lowest BCUT2D eigenvalue weighted by Gasteiger charge is -2.14. The van der Waals surface area contributed by atoms with Crippen LogP contribution in [0.25, 0.3) is 11.1 Å². The fraction of sp³-hybridized carbons (Fsp3) is 0.176. The zero-order valence-electron chi connectivity index (χ0n) is 12.6. The number of ether oxygens (including phenoxy) is 3. The van der Waals surface area contributed by atoms with Gasteiger partial charge in [0.25, 0.3) is 0 Å². The van der Waals surface area contributed by atoms with E-state index in [9.17, 15) is 9.59 Å². The van der Waals surface area contributed by atoms with Crippen LogP contribution in [0, 0.1) is 0 Å². The third kappa shape index (κ3) is 3.63. The van der Waals surface area contributed by atoms with E-state index in [1.807, 2.05) is 30.3 Å². The predicted molar refractivity (Wildman–Crippen MR) is 81.0 cm³/mol. The predicted octanol–water partition coefficient (Wildman–Crippen LogP) is 3.21. The van der Waals surface area contributed by atoms with Crippen LogP contribution >= 0.6 is 0 Å². The molecule has 0 saturated carbocycles. The molecule has 5 heteroatoms. The first-order valence-corrected chi connectivity index (χ1v) is 6.65. The van der Waals surface area contributed by atoms with Gasteiger partial charge in [0.1, 0.15) is 0 Å². The highest BCUT2D eigenvalue weighted by molar-refractivity contribution is 5.79. The van der Waals surface area contributed by atoms with E-state index in [0.29, 0.717) is 5.75 Å². The summed E-state index contributed by atoms with van der Waals surface area (Å²) in [6, 6.07) is 12.9. The first kappa shape index (κ1) is 15.6. The van der Waals surface area contributed by atoms with Gasteiger partial charge in [-0.3, -0.25) is 9.59 Å². The fourth-order valence-corrected chi connectivity index (χ4v) is 2.00. The molecule has 0 unspecified atom stereocenters. The van der Waals surface area contributed by atoms with Crippen LogP contribution in [0.2, 0.25) is 0 Å². The smallest absolute Gasteiger partial charge is 0.308 e. The second-order valence-corrected chi connectivity index (χ2v) is 4.56. The second-order valence-electron chi connectivity index (χ2n) is 4.56. The molecule has 0 heterocycles. The molecule has 0 N–H and O–H groups in total. The fourth-order valence-electron chi connectivity index (χ4n) is 2.00. The highest BCUT2D eigenvalue weighted by atomic mass is 16.6. The average molecular weight is 300 g/mol. The van der Waals surface area contributed by atoms with E-state index < -0.39 is 11.9 Å². The minimum Gasteiger partial charge on any atom is -0.493 e. The zero-order chi connectivity index (χ0) is 16.1. The summed E-state index contributed by atoms with van der Waals surface area (Å²) in [6.07, 6.45) is 0. The van der Waals surface area contributed by atoms with Crippen molar-refractivity contribution in [2.24, 2.45) is 0 Å². The van der Waals surface area contributed by atoms with Gasteiger partial charge >= 0.3 is 11.9 Å². The highest BCUT2D eigenvalue weighted by Crippen LogP contribution is 2.41. The average Bonchev–Trinajstić information content (AvgIpc) is 2.48. The molecule has 2 rings (SSSR count). The third-order valence-electron chi connectivity index (χ3n) is 2.85. The first-order valence-electron chi connectivity index (χ1n) is 6.65. The second kappa shape index (κ2) is 6.76. The van der Waals surface area contributed by atoms with Crippen LogP contribution in [0.5, 0.6) is 17.2 Å². The highest BCUT2D eigenvalue weighted by Gasteiger charge is 2.18. The SMILES string of the molecule is COc1cc(-c2ccccc2)cc(OC(C)=O)c1OC(C)=O. The number of methoxy groups -OCH3 is 1. The van der Waals surface area contributed by atoms with Crippen molar-refractivity contribution in [3.8, 4) is 28.4 Å². The molecule has 0 amide bonds. The molecule has 0 aliphatic carbocycles. The van der Waals surface area contributed by atoms with Gasteiger partial charge in [-0.25, -0.2) is 0 Å². The lowest BCUT2D eigenvalue weighted by molar-refractivity contribution is -0.134.